The van der Waals surface area contributed by atoms with Crippen LogP contribution in [0.15, 0.2) is 72.8 Å². The van der Waals surface area contributed by atoms with E-state index >= 15 is 0 Å². The van der Waals surface area contributed by atoms with E-state index in [2.05, 4.69) is 16.7 Å². The Bertz CT molecular complexity index is 1400. The van der Waals surface area contributed by atoms with Crippen LogP contribution in [0, 0.1) is 26.3 Å². The van der Waals surface area contributed by atoms with Gasteiger partial charge in [-0.15, -0.1) is 0 Å². The maximum Gasteiger partial charge on any atom is 0.408 e. The number of phenolic OH excluding ortho intramolecular Hbond substituents is 1. The highest BCUT2D eigenvalue weighted by molar-refractivity contribution is 6.00. The number of nitrogens with one attached hydrogen (secondary N) is 2. The van der Waals surface area contributed by atoms with Gasteiger partial charge in [0.2, 0.25) is 0 Å². The molecular formula is C32H35N3O5. The highest BCUT2D eigenvalue weighted by Gasteiger charge is 2.36. The number of alkyl carbamates (subject to hydrolysis) is 1. The summed E-state index contributed by atoms with van der Waals surface area (Å²) in [6, 6.07) is 20.7. The maximum absolute atomic E-state index is 14.1. The molecule has 3 N–H and O–H groups in total. The number of hydrogen-bond donors (Lipinski definition) is 3. The molecule has 0 saturated carbocycles. The first kappa shape index (κ1) is 29.8. The molecule has 2 unspecified atom stereocenters. The number of amides is 3. The lowest BCUT2D eigenvalue weighted by Gasteiger charge is -2.30. The minimum atomic E-state index is -1.19. The van der Waals surface area contributed by atoms with Crippen LogP contribution in [-0.4, -0.2) is 39.6 Å². The summed E-state index contributed by atoms with van der Waals surface area (Å²) >= 11 is 0. The Kier molecular flexibility index (Phi) is 9.57. The van der Waals surface area contributed by atoms with E-state index in [1.165, 1.54) is 12.1 Å². The van der Waals surface area contributed by atoms with Gasteiger partial charge in [-0.05, 0) is 69.5 Å². The van der Waals surface area contributed by atoms with Gasteiger partial charge >= 0.3 is 6.09 Å². The number of anilines is 1. The Labute approximate surface area is 235 Å². The summed E-state index contributed by atoms with van der Waals surface area (Å²) < 4.78 is 5.40. The molecule has 0 aliphatic rings. The van der Waals surface area contributed by atoms with Crippen molar-refractivity contribution >= 4 is 23.6 Å². The van der Waals surface area contributed by atoms with Crippen LogP contribution in [-0.2, 0) is 20.7 Å². The molecule has 0 aliphatic carbocycles. The van der Waals surface area contributed by atoms with Crippen molar-refractivity contribution in [1.29, 1.82) is 0 Å². The van der Waals surface area contributed by atoms with Crippen molar-refractivity contribution in [3.63, 3.8) is 0 Å². The van der Waals surface area contributed by atoms with E-state index in [1.807, 2.05) is 32.0 Å². The zero-order valence-electron chi connectivity index (χ0n) is 23.4. The fourth-order valence-electron chi connectivity index (χ4n) is 4.12. The van der Waals surface area contributed by atoms with Gasteiger partial charge in [-0.3, -0.25) is 14.5 Å². The number of benzene rings is 3. The van der Waals surface area contributed by atoms with Crippen LogP contribution < -0.4 is 10.6 Å². The molecule has 208 valence electrons. The van der Waals surface area contributed by atoms with Crippen LogP contribution in [0.2, 0.25) is 0 Å². The first-order valence-corrected chi connectivity index (χ1v) is 12.9. The van der Waals surface area contributed by atoms with Crippen molar-refractivity contribution in [2.75, 3.05) is 5.32 Å². The third kappa shape index (κ3) is 8.11. The van der Waals surface area contributed by atoms with Crippen molar-refractivity contribution in [3.05, 3.63) is 95.1 Å². The zero-order chi connectivity index (χ0) is 29.4. The topological polar surface area (TPSA) is 108 Å². The number of aromatic hydroxyl groups is 1. The molecular weight excluding hydrogens is 506 g/mol. The zero-order valence-corrected chi connectivity index (χ0v) is 23.4. The number of para-hydroxylation sites is 1. The van der Waals surface area contributed by atoms with E-state index in [0.717, 1.165) is 16.0 Å². The Morgan fingerprint density at radius 3 is 2.27 bits per heavy atom. The Morgan fingerprint density at radius 1 is 1.00 bits per heavy atom. The lowest BCUT2D eigenvalue weighted by Crippen LogP contribution is -2.51. The van der Waals surface area contributed by atoms with Gasteiger partial charge in [-0.25, -0.2) is 4.79 Å². The van der Waals surface area contributed by atoms with Gasteiger partial charge in [-0.1, -0.05) is 66.6 Å². The molecule has 3 rings (SSSR count). The first-order chi connectivity index (χ1) is 18.9. The Hall–Kier alpha value is -4.77. The predicted molar refractivity (Wildman–Crippen MR) is 154 cm³/mol. The predicted octanol–water partition coefficient (Wildman–Crippen LogP) is 5.24. The Balaban J connectivity index is 2.02. The third-order valence-electron chi connectivity index (χ3n) is 6.01. The minimum Gasteiger partial charge on any atom is -0.508 e. The SMILES string of the molecule is C#CN(C(=O)C(Cc1ccc(O)cc1)NC(=O)OC(C)(C)C)C(C(=O)Nc1ccccc1C)c1cccc(C)c1. The van der Waals surface area contributed by atoms with E-state index < -0.39 is 35.6 Å². The second-order valence-electron chi connectivity index (χ2n) is 10.5. The second kappa shape index (κ2) is 12.9. The number of phenols is 1. The molecule has 2 atom stereocenters. The molecule has 0 saturated heterocycles. The number of carbonyl (C=O) groups excluding carboxylic acids is 3. The molecule has 0 fully saturated rings. The van der Waals surface area contributed by atoms with Gasteiger partial charge in [0.1, 0.15) is 23.4 Å². The molecule has 8 heteroatoms. The van der Waals surface area contributed by atoms with E-state index in [9.17, 15) is 19.5 Å². The minimum absolute atomic E-state index is 0.0382. The van der Waals surface area contributed by atoms with E-state index in [4.69, 9.17) is 11.2 Å². The van der Waals surface area contributed by atoms with Crippen molar-refractivity contribution in [2.24, 2.45) is 0 Å². The van der Waals surface area contributed by atoms with Crippen LogP contribution in [0.1, 0.15) is 49.1 Å². The molecule has 0 aliphatic heterocycles. The summed E-state index contributed by atoms with van der Waals surface area (Å²) in [5.74, 6) is -1.12. The third-order valence-corrected chi connectivity index (χ3v) is 6.01. The lowest BCUT2D eigenvalue weighted by atomic mass is 9.99. The highest BCUT2D eigenvalue weighted by Crippen LogP contribution is 2.26. The number of nitrogens with zero attached hydrogens (tertiary/aromatic N) is 1. The normalized spacial score (nSPS) is 12.4. The van der Waals surface area contributed by atoms with Gasteiger partial charge in [0.15, 0.2) is 0 Å². The summed E-state index contributed by atoms with van der Waals surface area (Å²) in [4.78, 5) is 41.6. The number of terminal acetylenes is 1. The van der Waals surface area contributed by atoms with Crippen molar-refractivity contribution in [2.45, 2.75) is 58.7 Å². The number of ether oxygens (including phenoxy) is 1. The fraction of sp³-hybridized carbons (Fsp3) is 0.281. The van der Waals surface area contributed by atoms with Gasteiger partial charge in [0.05, 0.1) is 0 Å². The monoisotopic (exact) mass is 541 g/mol. The quantitative estimate of drug-likeness (QED) is 0.267. The number of carbonyl (C=O) groups is 3. The summed E-state index contributed by atoms with van der Waals surface area (Å²) in [5.41, 5.74) is 2.66. The molecule has 0 bridgehead atoms. The largest absolute Gasteiger partial charge is 0.508 e. The smallest absolute Gasteiger partial charge is 0.408 e. The van der Waals surface area contributed by atoms with Crippen LogP contribution >= 0.6 is 0 Å². The van der Waals surface area contributed by atoms with Gasteiger partial charge < -0.3 is 20.5 Å². The molecule has 0 spiro atoms. The highest BCUT2D eigenvalue weighted by atomic mass is 16.6. The van der Waals surface area contributed by atoms with Gasteiger partial charge in [0, 0.05) is 18.2 Å². The molecule has 40 heavy (non-hydrogen) atoms. The molecule has 0 heterocycles. The van der Waals surface area contributed by atoms with Gasteiger partial charge in [0.25, 0.3) is 11.8 Å². The molecule has 3 amide bonds. The van der Waals surface area contributed by atoms with Crippen molar-refractivity contribution < 1.29 is 24.2 Å². The van der Waals surface area contributed by atoms with Crippen LogP contribution in [0.5, 0.6) is 5.75 Å². The van der Waals surface area contributed by atoms with Crippen LogP contribution in [0.4, 0.5) is 10.5 Å². The summed E-state index contributed by atoms with van der Waals surface area (Å²) in [5, 5.41) is 15.2. The van der Waals surface area contributed by atoms with Crippen LogP contribution in [0.3, 0.4) is 0 Å². The molecule has 0 aromatic heterocycles. The van der Waals surface area contributed by atoms with E-state index in [0.29, 0.717) is 16.8 Å². The molecule has 0 radical (unpaired) electrons. The van der Waals surface area contributed by atoms with E-state index in [1.54, 1.807) is 63.2 Å². The average molecular weight is 542 g/mol. The van der Waals surface area contributed by atoms with Crippen molar-refractivity contribution in [3.8, 4) is 18.2 Å². The van der Waals surface area contributed by atoms with Gasteiger partial charge in [-0.2, -0.15) is 0 Å². The lowest BCUT2D eigenvalue weighted by molar-refractivity contribution is -0.136. The average Bonchev–Trinajstić information content (AvgIpc) is 2.88. The summed E-state index contributed by atoms with van der Waals surface area (Å²) in [7, 11) is 0. The number of aryl methyl sites for hydroxylation is 2. The van der Waals surface area contributed by atoms with Crippen LogP contribution in [0.25, 0.3) is 0 Å². The second-order valence-corrected chi connectivity index (χ2v) is 10.5. The molecule has 3 aromatic rings. The number of rotatable bonds is 8. The maximum atomic E-state index is 14.1. The Morgan fingerprint density at radius 2 is 1.68 bits per heavy atom. The fourth-order valence-corrected chi connectivity index (χ4v) is 4.12. The van der Waals surface area contributed by atoms with E-state index in [-0.39, 0.29) is 12.2 Å². The standard InChI is InChI=1S/C32H35N3O5/c1-7-35(28(24-13-10-11-21(2)19-24)29(37)33-26-14-9-8-12-22(26)3)30(38)27(34-31(39)40-32(4,5)6)20-23-15-17-25(36)18-16-23/h1,8-19,27-28,36H,20H2,2-6H3,(H,33,37)(H,34,39). The first-order valence-electron chi connectivity index (χ1n) is 12.9. The summed E-state index contributed by atoms with van der Waals surface area (Å²) in [6.07, 6.45) is 5.12. The summed E-state index contributed by atoms with van der Waals surface area (Å²) in [6.45, 7) is 8.86. The molecule has 8 nitrogen and oxygen atoms in total. The van der Waals surface area contributed by atoms with Crippen molar-refractivity contribution in [1.82, 2.24) is 10.2 Å². The number of hydrogen-bond acceptors (Lipinski definition) is 5. The molecule has 3 aromatic carbocycles.